The summed E-state index contributed by atoms with van der Waals surface area (Å²) in [6.45, 7) is 6.77. The summed E-state index contributed by atoms with van der Waals surface area (Å²) in [6.07, 6.45) is 5.29. The largest absolute Gasteiger partial charge is 0.497 e. The van der Waals surface area contributed by atoms with E-state index in [2.05, 4.69) is 19.2 Å². The normalized spacial score (nSPS) is 25.6. The molecule has 0 radical (unpaired) electrons. The first-order chi connectivity index (χ1) is 10.2. The number of nitrogens with two attached hydrogens (primary N) is 1. The van der Waals surface area contributed by atoms with Crippen molar-refractivity contribution in [3.8, 4) is 11.5 Å². The molecule has 3 nitrogen and oxygen atoms in total. The zero-order valence-electron chi connectivity index (χ0n) is 13.7. The second-order valence-corrected chi connectivity index (χ2v) is 6.33. The highest BCUT2D eigenvalue weighted by molar-refractivity contribution is 5.31. The van der Waals surface area contributed by atoms with Crippen LogP contribution in [0.3, 0.4) is 0 Å². The molecular formula is C18H30NO2+. The molecule has 118 valence electrons. The lowest BCUT2D eigenvalue weighted by atomic mass is 9.78. The highest BCUT2D eigenvalue weighted by Gasteiger charge is 2.29. The Morgan fingerprint density at radius 2 is 1.81 bits per heavy atom. The number of benzene rings is 1. The van der Waals surface area contributed by atoms with Crippen molar-refractivity contribution in [1.29, 1.82) is 0 Å². The van der Waals surface area contributed by atoms with Crippen LogP contribution >= 0.6 is 0 Å². The van der Waals surface area contributed by atoms with Crippen LogP contribution in [0.25, 0.3) is 0 Å². The zero-order chi connectivity index (χ0) is 15.1. The van der Waals surface area contributed by atoms with Crippen LogP contribution < -0.4 is 14.8 Å². The van der Waals surface area contributed by atoms with Gasteiger partial charge in [0.15, 0.2) is 0 Å². The molecule has 2 rings (SSSR count). The van der Waals surface area contributed by atoms with Gasteiger partial charge >= 0.3 is 0 Å². The van der Waals surface area contributed by atoms with Gasteiger partial charge in [-0.15, -0.1) is 0 Å². The van der Waals surface area contributed by atoms with E-state index >= 15 is 0 Å². The average molecular weight is 292 g/mol. The monoisotopic (exact) mass is 292 g/mol. The van der Waals surface area contributed by atoms with Crippen LogP contribution in [0, 0.1) is 11.8 Å². The summed E-state index contributed by atoms with van der Waals surface area (Å²) >= 11 is 0. The van der Waals surface area contributed by atoms with E-state index in [4.69, 9.17) is 9.47 Å². The van der Waals surface area contributed by atoms with E-state index in [1.54, 1.807) is 7.11 Å². The van der Waals surface area contributed by atoms with Crippen LogP contribution in [0.5, 0.6) is 11.5 Å². The molecular weight excluding hydrogens is 262 g/mol. The summed E-state index contributed by atoms with van der Waals surface area (Å²) in [5, 5.41) is 2.54. The number of ether oxygens (including phenoxy) is 2. The van der Waals surface area contributed by atoms with Crippen LogP contribution in [0.2, 0.25) is 0 Å². The van der Waals surface area contributed by atoms with Gasteiger partial charge in [0.25, 0.3) is 0 Å². The van der Waals surface area contributed by atoms with E-state index in [0.717, 1.165) is 48.9 Å². The summed E-state index contributed by atoms with van der Waals surface area (Å²) in [7, 11) is 1.68. The van der Waals surface area contributed by atoms with Gasteiger partial charge in [-0.05, 0) is 49.4 Å². The topological polar surface area (TPSA) is 35.1 Å². The number of hydrogen-bond acceptors (Lipinski definition) is 2. The van der Waals surface area contributed by atoms with Crippen molar-refractivity contribution in [3.63, 3.8) is 0 Å². The van der Waals surface area contributed by atoms with Gasteiger partial charge in [0, 0.05) is 12.3 Å². The molecule has 2 N–H and O–H groups in total. The van der Waals surface area contributed by atoms with Gasteiger partial charge in [-0.25, -0.2) is 0 Å². The van der Waals surface area contributed by atoms with Crippen molar-refractivity contribution in [1.82, 2.24) is 0 Å². The summed E-state index contributed by atoms with van der Waals surface area (Å²) < 4.78 is 10.9. The van der Waals surface area contributed by atoms with Crippen LogP contribution in [-0.4, -0.2) is 26.3 Å². The van der Waals surface area contributed by atoms with Crippen molar-refractivity contribution < 1.29 is 14.8 Å². The molecule has 1 fully saturated rings. The predicted molar refractivity (Wildman–Crippen MR) is 85.9 cm³/mol. The lowest BCUT2D eigenvalue weighted by molar-refractivity contribution is -0.699. The van der Waals surface area contributed by atoms with E-state index < -0.39 is 0 Å². The van der Waals surface area contributed by atoms with E-state index in [9.17, 15) is 0 Å². The van der Waals surface area contributed by atoms with Gasteiger partial charge in [-0.3, -0.25) is 0 Å². The van der Waals surface area contributed by atoms with Crippen LogP contribution in [0.15, 0.2) is 24.3 Å². The SMILES string of the molecule is COc1ccc(OCCC[NH2+][C@@H]2CCC[C@@H](C)[C@H]2C)cc1. The molecule has 0 saturated heterocycles. The molecule has 1 saturated carbocycles. The first kappa shape index (κ1) is 16.2. The first-order valence-electron chi connectivity index (χ1n) is 8.31. The minimum absolute atomic E-state index is 0.791. The Labute approximate surface area is 129 Å². The standard InChI is InChI=1S/C18H29NO2/c1-14-6-4-7-18(15(14)2)19-12-5-13-21-17-10-8-16(20-3)9-11-17/h8-11,14-15,18-19H,4-7,12-13H2,1-3H3/p+1/t14-,15-,18-/m1/s1. The summed E-state index contributed by atoms with van der Waals surface area (Å²) in [4.78, 5) is 0. The fourth-order valence-electron chi connectivity index (χ4n) is 3.23. The summed E-state index contributed by atoms with van der Waals surface area (Å²) in [5.41, 5.74) is 0. The lowest BCUT2D eigenvalue weighted by Crippen LogP contribution is -2.92. The molecule has 0 unspecified atom stereocenters. The van der Waals surface area contributed by atoms with Crippen molar-refractivity contribution >= 4 is 0 Å². The minimum Gasteiger partial charge on any atom is -0.497 e. The Morgan fingerprint density at radius 1 is 1.10 bits per heavy atom. The summed E-state index contributed by atoms with van der Waals surface area (Å²) in [6, 6.07) is 8.62. The van der Waals surface area contributed by atoms with Gasteiger partial charge in [0.05, 0.1) is 26.3 Å². The average Bonchev–Trinajstić information content (AvgIpc) is 2.51. The minimum atomic E-state index is 0.791. The lowest BCUT2D eigenvalue weighted by Gasteiger charge is -2.32. The molecule has 1 aromatic carbocycles. The zero-order valence-corrected chi connectivity index (χ0v) is 13.7. The van der Waals surface area contributed by atoms with E-state index in [1.165, 1.54) is 19.3 Å². The second kappa shape index (κ2) is 8.28. The molecule has 0 amide bonds. The molecule has 0 aliphatic heterocycles. The molecule has 0 spiro atoms. The third-order valence-electron chi connectivity index (χ3n) is 4.92. The van der Waals surface area contributed by atoms with Gasteiger partial charge in [0.2, 0.25) is 0 Å². The Morgan fingerprint density at radius 3 is 2.52 bits per heavy atom. The maximum absolute atomic E-state index is 5.77. The smallest absolute Gasteiger partial charge is 0.119 e. The van der Waals surface area contributed by atoms with Crippen molar-refractivity contribution in [3.05, 3.63) is 24.3 Å². The second-order valence-electron chi connectivity index (χ2n) is 6.33. The maximum Gasteiger partial charge on any atom is 0.119 e. The van der Waals surface area contributed by atoms with Crippen molar-refractivity contribution in [2.24, 2.45) is 11.8 Å². The molecule has 21 heavy (non-hydrogen) atoms. The number of hydrogen-bond donors (Lipinski definition) is 1. The third-order valence-corrected chi connectivity index (χ3v) is 4.92. The molecule has 1 aliphatic rings. The Balaban J connectivity index is 1.61. The highest BCUT2D eigenvalue weighted by Crippen LogP contribution is 2.27. The van der Waals surface area contributed by atoms with Crippen molar-refractivity contribution in [2.45, 2.75) is 45.6 Å². The van der Waals surface area contributed by atoms with Crippen LogP contribution in [0.4, 0.5) is 0 Å². The number of rotatable bonds is 7. The van der Waals surface area contributed by atoms with Gasteiger partial charge in [-0.1, -0.05) is 13.8 Å². The molecule has 1 aliphatic carbocycles. The quantitative estimate of drug-likeness (QED) is 0.784. The molecule has 0 heterocycles. The molecule has 0 bridgehead atoms. The number of methoxy groups -OCH3 is 1. The highest BCUT2D eigenvalue weighted by atomic mass is 16.5. The van der Waals surface area contributed by atoms with Crippen molar-refractivity contribution in [2.75, 3.05) is 20.3 Å². The number of quaternary nitrogens is 1. The van der Waals surface area contributed by atoms with Crippen LogP contribution in [0.1, 0.15) is 39.5 Å². The van der Waals surface area contributed by atoms with E-state index in [0.29, 0.717) is 0 Å². The van der Waals surface area contributed by atoms with Gasteiger partial charge < -0.3 is 14.8 Å². The van der Waals surface area contributed by atoms with E-state index in [-0.39, 0.29) is 0 Å². The molecule has 3 atom stereocenters. The maximum atomic E-state index is 5.77. The molecule has 3 heteroatoms. The Hall–Kier alpha value is -1.22. The Bertz CT molecular complexity index is 404. The first-order valence-corrected chi connectivity index (χ1v) is 8.31. The van der Waals surface area contributed by atoms with Crippen LogP contribution in [-0.2, 0) is 0 Å². The van der Waals surface area contributed by atoms with Gasteiger partial charge in [0.1, 0.15) is 11.5 Å². The predicted octanol–water partition coefficient (Wildman–Crippen LogP) is 2.85. The molecule has 0 aromatic heterocycles. The third kappa shape index (κ3) is 4.92. The molecule has 1 aromatic rings. The van der Waals surface area contributed by atoms with Gasteiger partial charge in [-0.2, -0.15) is 0 Å². The summed E-state index contributed by atoms with van der Waals surface area (Å²) in [5.74, 6) is 3.53. The van der Waals surface area contributed by atoms with E-state index in [1.807, 2.05) is 24.3 Å². The fourth-order valence-corrected chi connectivity index (χ4v) is 3.23. The Kier molecular flexibility index (Phi) is 6.37. The fraction of sp³-hybridized carbons (Fsp3) is 0.667.